The number of hydrogen-bond acceptors (Lipinski definition) is 6. The summed E-state index contributed by atoms with van der Waals surface area (Å²) in [4.78, 5) is 40.1. The second-order valence-corrected chi connectivity index (χ2v) is 8.78. The molecule has 1 aromatic heterocycles. The van der Waals surface area contributed by atoms with Crippen molar-refractivity contribution in [3.8, 4) is 0 Å². The van der Waals surface area contributed by atoms with Crippen molar-refractivity contribution in [1.82, 2.24) is 4.57 Å². The van der Waals surface area contributed by atoms with Crippen molar-refractivity contribution in [2.24, 2.45) is 16.8 Å². The molecule has 9 heteroatoms. The maximum atomic E-state index is 12.9. The van der Waals surface area contributed by atoms with Gasteiger partial charge in [-0.15, -0.1) is 0 Å². The molecule has 1 aromatic carbocycles. The lowest BCUT2D eigenvalue weighted by Crippen LogP contribution is -2.26. The topological polar surface area (TPSA) is 104 Å². The molecular formula is C21H27N3O5S. The highest BCUT2D eigenvalue weighted by molar-refractivity contribution is 7.16. The molecule has 8 nitrogen and oxygen atoms in total. The molecule has 1 aliphatic carbocycles. The van der Waals surface area contributed by atoms with E-state index in [1.54, 1.807) is 10.6 Å². The van der Waals surface area contributed by atoms with Crippen molar-refractivity contribution in [3.63, 3.8) is 0 Å². The zero-order chi connectivity index (χ0) is 21.7. The highest BCUT2D eigenvalue weighted by atomic mass is 32.1. The SMILES string of the molecule is CCCCC1CCC(C(=O)N=c2sc3cc([N+](=O)[O-])ccc3n2CC(=O)OC)CC1. The number of carbonyl (C=O) groups is 2. The number of unbranched alkanes of at least 4 members (excludes halogenated alkanes) is 1. The van der Waals surface area contributed by atoms with Crippen LogP contribution in [0.25, 0.3) is 10.2 Å². The van der Waals surface area contributed by atoms with E-state index in [1.165, 1.54) is 49.8 Å². The zero-order valence-electron chi connectivity index (χ0n) is 17.3. The second kappa shape index (κ2) is 9.97. The van der Waals surface area contributed by atoms with E-state index in [2.05, 4.69) is 11.9 Å². The molecule has 3 rings (SSSR count). The Labute approximate surface area is 178 Å². The van der Waals surface area contributed by atoms with Crippen molar-refractivity contribution in [1.29, 1.82) is 0 Å². The Kier molecular flexibility index (Phi) is 7.36. The number of ether oxygens (including phenoxy) is 1. The Morgan fingerprint density at radius 1 is 1.30 bits per heavy atom. The van der Waals surface area contributed by atoms with Crippen LogP contribution in [0.1, 0.15) is 51.9 Å². The Bertz CT molecular complexity index is 1000. The lowest BCUT2D eigenvalue weighted by molar-refractivity contribution is -0.384. The third kappa shape index (κ3) is 5.13. The van der Waals surface area contributed by atoms with Crippen LogP contribution in [0.3, 0.4) is 0 Å². The number of non-ortho nitro benzene ring substituents is 1. The van der Waals surface area contributed by atoms with Crippen LogP contribution in [-0.4, -0.2) is 28.5 Å². The highest BCUT2D eigenvalue weighted by Gasteiger charge is 2.26. The lowest BCUT2D eigenvalue weighted by Gasteiger charge is -2.26. The molecule has 162 valence electrons. The Hall–Kier alpha value is -2.55. The first-order valence-electron chi connectivity index (χ1n) is 10.4. The molecule has 1 fully saturated rings. The number of hydrogen-bond donors (Lipinski definition) is 0. The molecular weight excluding hydrogens is 406 g/mol. The fraction of sp³-hybridized carbons (Fsp3) is 0.571. The van der Waals surface area contributed by atoms with Gasteiger partial charge < -0.3 is 9.30 Å². The number of nitrogens with zero attached hydrogens (tertiary/aromatic N) is 3. The summed E-state index contributed by atoms with van der Waals surface area (Å²) >= 11 is 1.18. The van der Waals surface area contributed by atoms with Gasteiger partial charge in [0, 0.05) is 18.1 Å². The van der Waals surface area contributed by atoms with Crippen LogP contribution in [0.2, 0.25) is 0 Å². The number of nitro groups is 1. The number of amides is 1. The molecule has 0 unspecified atom stereocenters. The minimum absolute atomic E-state index is 0.0442. The van der Waals surface area contributed by atoms with Crippen LogP contribution in [0.15, 0.2) is 23.2 Å². The summed E-state index contributed by atoms with van der Waals surface area (Å²) in [6, 6.07) is 4.40. The first-order chi connectivity index (χ1) is 14.4. The molecule has 0 N–H and O–H groups in total. The van der Waals surface area contributed by atoms with Gasteiger partial charge in [0.2, 0.25) is 0 Å². The molecule has 1 amide bonds. The van der Waals surface area contributed by atoms with Gasteiger partial charge in [-0.05, 0) is 37.7 Å². The minimum Gasteiger partial charge on any atom is -0.468 e. The maximum Gasteiger partial charge on any atom is 0.325 e. The van der Waals surface area contributed by atoms with Crippen LogP contribution >= 0.6 is 11.3 Å². The van der Waals surface area contributed by atoms with Crippen molar-refractivity contribution in [2.75, 3.05) is 7.11 Å². The summed E-state index contributed by atoms with van der Waals surface area (Å²) < 4.78 is 6.96. The third-order valence-corrected chi connectivity index (χ3v) is 6.80. The summed E-state index contributed by atoms with van der Waals surface area (Å²) in [5, 5.41) is 11.1. The number of methoxy groups -OCH3 is 1. The van der Waals surface area contributed by atoms with E-state index in [1.807, 2.05) is 0 Å². The van der Waals surface area contributed by atoms with Crippen LogP contribution < -0.4 is 4.80 Å². The van der Waals surface area contributed by atoms with Crippen molar-refractivity contribution in [3.05, 3.63) is 33.1 Å². The smallest absolute Gasteiger partial charge is 0.325 e. The Morgan fingerprint density at radius 3 is 2.67 bits per heavy atom. The number of carbonyl (C=O) groups excluding carboxylic acids is 2. The van der Waals surface area contributed by atoms with Crippen molar-refractivity contribution >= 4 is 39.1 Å². The van der Waals surface area contributed by atoms with Crippen molar-refractivity contribution < 1.29 is 19.2 Å². The predicted molar refractivity (Wildman–Crippen MR) is 114 cm³/mol. The molecule has 0 saturated heterocycles. The monoisotopic (exact) mass is 433 g/mol. The molecule has 30 heavy (non-hydrogen) atoms. The minimum atomic E-state index is -0.474. The summed E-state index contributed by atoms with van der Waals surface area (Å²) in [5.74, 6) is -0.0564. The maximum absolute atomic E-state index is 12.9. The normalized spacial score (nSPS) is 19.7. The number of benzene rings is 1. The number of fused-ring (bicyclic) bond motifs is 1. The number of nitro benzene ring substituents is 1. The van der Waals surface area contributed by atoms with E-state index >= 15 is 0 Å². The molecule has 0 spiro atoms. The predicted octanol–water partition coefficient (Wildman–Crippen LogP) is 4.21. The summed E-state index contributed by atoms with van der Waals surface area (Å²) in [6.07, 6.45) is 7.42. The molecule has 0 atom stereocenters. The molecule has 2 aromatic rings. The standard InChI is InChI=1S/C21H27N3O5S/c1-3-4-5-14-6-8-15(9-7-14)20(26)22-21-23(13-19(25)29-2)17-11-10-16(24(27)28)12-18(17)30-21/h10-12,14-15H,3-9,13H2,1-2H3. The molecule has 0 aliphatic heterocycles. The van der Waals surface area contributed by atoms with E-state index in [4.69, 9.17) is 4.74 Å². The number of rotatable bonds is 7. The van der Waals surface area contributed by atoms with Crippen LogP contribution in [-0.2, 0) is 20.9 Å². The van der Waals surface area contributed by atoms with Gasteiger partial charge in [0.25, 0.3) is 11.6 Å². The van der Waals surface area contributed by atoms with Gasteiger partial charge in [-0.3, -0.25) is 19.7 Å². The zero-order valence-corrected chi connectivity index (χ0v) is 18.2. The van der Waals surface area contributed by atoms with Gasteiger partial charge in [0.1, 0.15) is 6.54 Å². The molecule has 1 heterocycles. The van der Waals surface area contributed by atoms with Gasteiger partial charge in [-0.1, -0.05) is 37.5 Å². The van der Waals surface area contributed by atoms with E-state index < -0.39 is 10.9 Å². The van der Waals surface area contributed by atoms with Crippen molar-refractivity contribution in [2.45, 2.75) is 58.4 Å². The quantitative estimate of drug-likeness (QED) is 0.370. The molecule has 1 aliphatic rings. The van der Waals surface area contributed by atoms with Crippen LogP contribution in [0, 0.1) is 22.0 Å². The number of esters is 1. The highest BCUT2D eigenvalue weighted by Crippen LogP contribution is 2.32. The van der Waals surface area contributed by atoms with Crippen LogP contribution in [0.4, 0.5) is 5.69 Å². The van der Waals surface area contributed by atoms with Gasteiger partial charge in [-0.2, -0.15) is 4.99 Å². The third-order valence-electron chi connectivity index (χ3n) is 5.76. The summed E-state index contributed by atoms with van der Waals surface area (Å²) in [7, 11) is 1.29. The van der Waals surface area contributed by atoms with E-state index in [0.29, 0.717) is 20.9 Å². The average molecular weight is 434 g/mol. The Balaban J connectivity index is 1.88. The molecule has 0 bridgehead atoms. The first kappa shape index (κ1) is 22.1. The first-order valence-corrected chi connectivity index (χ1v) is 11.2. The second-order valence-electron chi connectivity index (χ2n) is 7.77. The molecule has 1 saturated carbocycles. The number of thiazole rings is 1. The average Bonchev–Trinajstić information content (AvgIpc) is 3.08. The van der Waals surface area contributed by atoms with Gasteiger partial charge >= 0.3 is 5.97 Å². The molecule has 0 radical (unpaired) electrons. The van der Waals surface area contributed by atoms with Gasteiger partial charge in [0.15, 0.2) is 4.80 Å². The van der Waals surface area contributed by atoms with Gasteiger partial charge in [-0.25, -0.2) is 0 Å². The van der Waals surface area contributed by atoms with E-state index in [9.17, 15) is 19.7 Å². The van der Waals surface area contributed by atoms with Gasteiger partial charge in [0.05, 0.1) is 22.2 Å². The fourth-order valence-corrected chi connectivity index (χ4v) is 5.05. The number of aromatic nitrogens is 1. The summed E-state index contributed by atoms with van der Waals surface area (Å²) in [6.45, 7) is 2.08. The fourth-order valence-electron chi connectivity index (χ4n) is 3.98. The Morgan fingerprint density at radius 2 is 2.03 bits per heavy atom. The van der Waals surface area contributed by atoms with E-state index in [-0.39, 0.29) is 24.1 Å². The summed E-state index contributed by atoms with van der Waals surface area (Å²) in [5.41, 5.74) is 0.572. The van der Waals surface area contributed by atoms with E-state index in [0.717, 1.165) is 25.7 Å². The lowest BCUT2D eigenvalue weighted by atomic mass is 9.79. The van der Waals surface area contributed by atoms with Crippen LogP contribution in [0.5, 0.6) is 0 Å². The largest absolute Gasteiger partial charge is 0.468 e.